The molecule has 1 N–H and O–H groups in total. The van der Waals surface area contributed by atoms with Gasteiger partial charge in [0.2, 0.25) is 5.91 Å². The molecule has 3 aliphatic rings. The summed E-state index contributed by atoms with van der Waals surface area (Å²) in [5.41, 5.74) is 5.58. The van der Waals surface area contributed by atoms with Gasteiger partial charge in [-0.15, -0.1) is 0 Å². The molecule has 10 heteroatoms. The maximum atomic E-state index is 13.5. The summed E-state index contributed by atoms with van der Waals surface area (Å²) >= 11 is 0. The van der Waals surface area contributed by atoms with Gasteiger partial charge in [-0.25, -0.2) is 0 Å². The van der Waals surface area contributed by atoms with Crippen molar-refractivity contribution in [3.05, 3.63) is 47.0 Å². The quantitative estimate of drug-likeness (QED) is 0.228. The standard InChI is InChI=1S/C36H51NO9/c1-19(2)25-13-12-24(26-15-11-23(9)27(26)17-25)14-16-29(38)44-32-31(46-35(41)22(7)8)30(45-34(40)21(5)6)28(43-36(32)42-10)18-37-33(39)20(3)4/h11-13,15,17,19-22,28,30-32,36H,14,16,18H2,1-10H3,(H,37,39)/t28-,30-,31+,32+,36+/m1/s1. The number of nitrogens with one attached hydrogen (secondary N) is 1. The van der Waals surface area contributed by atoms with Gasteiger partial charge in [0.1, 0.15) is 6.10 Å². The van der Waals surface area contributed by atoms with Gasteiger partial charge >= 0.3 is 17.9 Å². The molecule has 10 nitrogen and oxygen atoms in total. The number of amides is 1. The van der Waals surface area contributed by atoms with Crippen molar-refractivity contribution >= 4 is 23.8 Å². The molecule has 46 heavy (non-hydrogen) atoms. The van der Waals surface area contributed by atoms with Crippen molar-refractivity contribution in [2.75, 3.05) is 13.7 Å². The lowest BCUT2D eigenvalue weighted by Gasteiger charge is -2.44. The number of methoxy groups -OCH3 is 1. The van der Waals surface area contributed by atoms with Crippen LogP contribution in [0.4, 0.5) is 0 Å². The molecule has 1 aliphatic heterocycles. The van der Waals surface area contributed by atoms with E-state index < -0.39 is 60.4 Å². The molecule has 0 aromatic heterocycles. The molecule has 0 aromatic rings. The zero-order valence-corrected chi connectivity index (χ0v) is 28.9. The maximum Gasteiger partial charge on any atom is 0.308 e. The molecule has 0 aromatic carbocycles. The molecule has 3 rings (SSSR count). The van der Waals surface area contributed by atoms with Crippen LogP contribution in [0.3, 0.4) is 0 Å². The summed E-state index contributed by atoms with van der Waals surface area (Å²) in [5.74, 6) is -2.93. The summed E-state index contributed by atoms with van der Waals surface area (Å²) in [7, 11) is 1.38. The minimum Gasteiger partial charge on any atom is -0.455 e. The Hall–Kier alpha value is -3.50. The third-order valence-corrected chi connectivity index (χ3v) is 8.15. The smallest absolute Gasteiger partial charge is 0.308 e. The topological polar surface area (TPSA) is 126 Å². The Bertz CT molecular complexity index is 1330. The fourth-order valence-electron chi connectivity index (χ4n) is 5.18. The maximum absolute atomic E-state index is 13.5. The van der Waals surface area contributed by atoms with Crippen molar-refractivity contribution in [3.63, 3.8) is 0 Å². The van der Waals surface area contributed by atoms with Gasteiger partial charge < -0.3 is 29.0 Å². The zero-order chi connectivity index (χ0) is 34.3. The van der Waals surface area contributed by atoms with E-state index in [0.717, 1.165) is 22.3 Å². The van der Waals surface area contributed by atoms with E-state index in [0.29, 0.717) is 12.3 Å². The van der Waals surface area contributed by atoms with Crippen molar-refractivity contribution in [2.24, 2.45) is 17.8 Å². The third-order valence-electron chi connectivity index (χ3n) is 8.15. The first-order valence-electron chi connectivity index (χ1n) is 16.2. The summed E-state index contributed by atoms with van der Waals surface area (Å²) < 4.78 is 29.4. The lowest BCUT2D eigenvalue weighted by molar-refractivity contribution is -0.298. The lowest BCUT2D eigenvalue weighted by atomic mass is 9.96. The van der Waals surface area contributed by atoms with Crippen molar-refractivity contribution < 1.29 is 42.9 Å². The van der Waals surface area contributed by atoms with Crippen LogP contribution in [0.2, 0.25) is 0 Å². The minimum atomic E-state index is -1.26. The monoisotopic (exact) mass is 641 g/mol. The van der Waals surface area contributed by atoms with Crippen molar-refractivity contribution in [2.45, 2.75) is 112 Å². The van der Waals surface area contributed by atoms with Crippen LogP contribution in [0, 0.1) is 24.7 Å². The van der Waals surface area contributed by atoms with Gasteiger partial charge in [-0.1, -0.05) is 85.7 Å². The number of carbonyl (C=O) groups is 4. The van der Waals surface area contributed by atoms with Gasteiger partial charge in [0.15, 0.2) is 24.6 Å². The summed E-state index contributed by atoms with van der Waals surface area (Å²) in [6.07, 6.45) is -5.38. The van der Waals surface area contributed by atoms with Gasteiger partial charge in [-0.2, -0.15) is 0 Å². The van der Waals surface area contributed by atoms with Crippen LogP contribution in [0.15, 0.2) is 30.3 Å². The first kappa shape index (κ1) is 37.0. The second kappa shape index (κ2) is 16.4. The van der Waals surface area contributed by atoms with Crippen LogP contribution in [0.5, 0.6) is 0 Å². The summed E-state index contributed by atoms with van der Waals surface area (Å²) in [4.78, 5) is 51.7. The van der Waals surface area contributed by atoms with Gasteiger partial charge in [0, 0.05) is 26.0 Å². The van der Waals surface area contributed by atoms with Crippen LogP contribution in [0.1, 0.15) is 84.4 Å². The number of ether oxygens (including phenoxy) is 5. The van der Waals surface area contributed by atoms with Crippen LogP contribution >= 0.6 is 0 Å². The van der Waals surface area contributed by atoms with E-state index in [4.69, 9.17) is 23.7 Å². The van der Waals surface area contributed by atoms with E-state index in [1.165, 1.54) is 12.7 Å². The van der Waals surface area contributed by atoms with Crippen molar-refractivity contribution in [1.82, 2.24) is 5.32 Å². The third kappa shape index (κ3) is 9.28. The van der Waals surface area contributed by atoms with E-state index in [2.05, 4.69) is 56.4 Å². The largest absolute Gasteiger partial charge is 0.455 e. The summed E-state index contributed by atoms with van der Waals surface area (Å²) in [6.45, 7) is 16.5. The molecule has 254 valence electrons. The number of aryl methyl sites for hydroxylation is 2. The Labute approximate surface area is 273 Å². The second-order valence-corrected chi connectivity index (χ2v) is 13.2. The molecule has 0 saturated carbocycles. The Kier molecular flexibility index (Phi) is 13.1. The average molecular weight is 642 g/mol. The number of carbonyl (C=O) groups excluding carboxylic acids is 4. The average Bonchev–Trinajstić information content (AvgIpc) is 3.24. The molecule has 5 atom stereocenters. The van der Waals surface area contributed by atoms with E-state index in [-0.39, 0.29) is 24.8 Å². The molecule has 0 bridgehead atoms. The van der Waals surface area contributed by atoms with E-state index in [1.54, 1.807) is 41.5 Å². The Morgan fingerprint density at radius 1 is 0.783 bits per heavy atom. The summed E-state index contributed by atoms with van der Waals surface area (Å²) in [5, 5.41) is 2.79. The zero-order valence-electron chi connectivity index (χ0n) is 28.9. The fraction of sp³-hybridized carbons (Fsp3) is 0.611. The highest BCUT2D eigenvalue weighted by atomic mass is 16.7. The Morgan fingerprint density at radius 3 is 1.98 bits per heavy atom. The highest BCUT2D eigenvalue weighted by Gasteiger charge is 2.53. The van der Waals surface area contributed by atoms with Gasteiger partial charge in [-0.3, -0.25) is 19.2 Å². The second-order valence-electron chi connectivity index (χ2n) is 13.2. The predicted molar refractivity (Wildman–Crippen MR) is 173 cm³/mol. The van der Waals surface area contributed by atoms with Crippen molar-refractivity contribution in [1.29, 1.82) is 0 Å². The van der Waals surface area contributed by atoms with Crippen molar-refractivity contribution in [3.8, 4) is 11.1 Å². The predicted octanol–water partition coefficient (Wildman–Crippen LogP) is 5.35. The molecule has 1 fully saturated rings. The normalized spacial score (nSPS) is 21.6. The Morgan fingerprint density at radius 2 is 1.41 bits per heavy atom. The first-order valence-corrected chi connectivity index (χ1v) is 16.2. The van der Waals surface area contributed by atoms with Crippen LogP contribution in [-0.2, 0) is 49.3 Å². The van der Waals surface area contributed by atoms with E-state index >= 15 is 0 Å². The first-order chi connectivity index (χ1) is 21.6. The molecule has 0 radical (unpaired) electrons. The molecule has 1 saturated heterocycles. The van der Waals surface area contributed by atoms with E-state index in [1.807, 2.05) is 0 Å². The van der Waals surface area contributed by atoms with Crippen LogP contribution in [0.25, 0.3) is 11.1 Å². The molecule has 1 amide bonds. The molecular weight excluding hydrogens is 590 g/mol. The van der Waals surface area contributed by atoms with Crippen LogP contribution < -0.4 is 5.32 Å². The summed E-state index contributed by atoms with van der Waals surface area (Å²) in [6, 6.07) is 10.5. The van der Waals surface area contributed by atoms with Gasteiger partial charge in [-0.05, 0) is 47.1 Å². The molecule has 2 aliphatic carbocycles. The van der Waals surface area contributed by atoms with Gasteiger partial charge in [0.25, 0.3) is 0 Å². The van der Waals surface area contributed by atoms with Crippen LogP contribution in [-0.4, -0.2) is 68.2 Å². The highest BCUT2D eigenvalue weighted by molar-refractivity contribution is 5.78. The molecule has 1 heterocycles. The molecular formula is C36H51NO9. The fourth-order valence-corrected chi connectivity index (χ4v) is 5.18. The van der Waals surface area contributed by atoms with E-state index in [9.17, 15) is 19.2 Å². The highest BCUT2D eigenvalue weighted by Crippen LogP contribution is 2.34. The number of hydrogen-bond acceptors (Lipinski definition) is 9. The SMILES string of the molecule is CO[C@H]1O[C@H](CNC(=O)C(C)C)[C@@H](OC(=O)C(C)C)[C@H](OC(=O)C(C)C)[C@@H]1OC(=O)CCc1ccc(C(C)C)cc2c(C)ccc1-2. The number of fused-ring (bicyclic) bond motifs is 1. The number of hydrogen-bond donors (Lipinski definition) is 1. The lowest BCUT2D eigenvalue weighted by Crippen LogP contribution is -2.64. The number of rotatable bonds is 13. The minimum absolute atomic E-state index is 0.0302. The van der Waals surface area contributed by atoms with Gasteiger partial charge in [0.05, 0.1) is 11.8 Å². The molecule has 0 unspecified atom stereocenters. The molecule has 0 spiro atoms. The Balaban J connectivity index is 1.91. The number of esters is 3.